The third-order valence-electron chi connectivity index (χ3n) is 4.18. The van der Waals surface area contributed by atoms with Crippen LogP contribution in [0.2, 0.25) is 0 Å². The van der Waals surface area contributed by atoms with Crippen LogP contribution in [0.25, 0.3) is 0 Å². The molecule has 2 aromatic rings. The third-order valence-corrected chi connectivity index (χ3v) is 4.18. The highest BCUT2D eigenvalue weighted by Gasteiger charge is 2.21. The molecule has 1 heterocycles. The molecule has 1 aliphatic heterocycles. The zero-order chi connectivity index (χ0) is 19.9. The first-order valence-corrected chi connectivity index (χ1v) is 8.76. The summed E-state index contributed by atoms with van der Waals surface area (Å²) in [5.41, 5.74) is 1.04. The predicted molar refractivity (Wildman–Crippen MR) is 101 cm³/mol. The van der Waals surface area contributed by atoms with Crippen LogP contribution < -0.4 is 24.8 Å². The van der Waals surface area contributed by atoms with Gasteiger partial charge in [-0.15, -0.1) is 0 Å². The first-order chi connectivity index (χ1) is 13.6. The second kappa shape index (κ2) is 8.98. The van der Waals surface area contributed by atoms with Gasteiger partial charge in [-0.1, -0.05) is 18.2 Å². The molecule has 0 saturated heterocycles. The van der Waals surface area contributed by atoms with Gasteiger partial charge in [-0.25, -0.2) is 9.59 Å². The predicted octanol–water partition coefficient (Wildman–Crippen LogP) is 2.12. The molecule has 3 rings (SSSR count). The molecule has 0 aliphatic carbocycles. The summed E-state index contributed by atoms with van der Waals surface area (Å²) in [6.07, 6.45) is -0.271. The van der Waals surface area contributed by atoms with Gasteiger partial charge in [-0.3, -0.25) is 0 Å². The zero-order valence-electron chi connectivity index (χ0n) is 15.7. The number of amides is 2. The minimum absolute atomic E-state index is 0.241. The summed E-state index contributed by atoms with van der Waals surface area (Å²) in [5, 5.41) is 5.49. The Bertz CT molecular complexity index is 854. The van der Waals surface area contributed by atoms with Crippen LogP contribution in [0.3, 0.4) is 0 Å². The van der Waals surface area contributed by atoms with Crippen molar-refractivity contribution in [2.24, 2.45) is 0 Å². The van der Waals surface area contributed by atoms with E-state index in [-0.39, 0.29) is 18.7 Å². The maximum atomic E-state index is 12.1. The lowest BCUT2D eigenvalue weighted by atomic mass is 10.1. The van der Waals surface area contributed by atoms with Crippen LogP contribution in [-0.4, -0.2) is 45.5 Å². The van der Waals surface area contributed by atoms with Gasteiger partial charge in [0, 0.05) is 6.54 Å². The number of esters is 1. The molecule has 0 bridgehead atoms. The largest absolute Gasteiger partial charge is 0.496 e. The molecule has 0 aromatic heterocycles. The lowest BCUT2D eigenvalue weighted by Crippen LogP contribution is -2.44. The van der Waals surface area contributed by atoms with Gasteiger partial charge >= 0.3 is 12.0 Å². The first kappa shape index (κ1) is 19.3. The molecule has 2 aromatic carbocycles. The molecular weight excluding hydrogens is 364 g/mol. The fourth-order valence-electron chi connectivity index (χ4n) is 2.75. The van der Waals surface area contributed by atoms with Gasteiger partial charge in [0.05, 0.1) is 20.8 Å². The van der Waals surface area contributed by atoms with Crippen molar-refractivity contribution in [3.63, 3.8) is 0 Å². The second-order valence-electron chi connectivity index (χ2n) is 6.09. The van der Waals surface area contributed by atoms with Crippen LogP contribution in [0.4, 0.5) is 4.79 Å². The number of benzene rings is 2. The molecule has 148 valence electrons. The number of methoxy groups -OCH3 is 2. The Balaban J connectivity index is 1.49. The summed E-state index contributed by atoms with van der Waals surface area (Å²) in [5.74, 6) is 1.27. The van der Waals surface area contributed by atoms with Crippen molar-refractivity contribution in [3.8, 4) is 17.2 Å². The van der Waals surface area contributed by atoms with E-state index in [1.54, 1.807) is 18.2 Å². The normalized spacial score (nSPS) is 14.7. The highest BCUT2D eigenvalue weighted by atomic mass is 16.6. The summed E-state index contributed by atoms with van der Waals surface area (Å²) in [6, 6.07) is 12.1. The Morgan fingerprint density at radius 1 is 1.11 bits per heavy atom. The standard InChI is InChI=1S/C20H22N2O6/c1-25-16-8-7-13(9-15(16)19(23)26-2)10-21-20(24)22-11-14-12-27-17-5-3-4-6-18(17)28-14/h3-9,14H,10-12H2,1-2H3,(H2,21,22,24)/t14-/m0/s1. The number of hydrogen-bond donors (Lipinski definition) is 2. The van der Waals surface area contributed by atoms with E-state index in [4.69, 9.17) is 18.9 Å². The Labute approximate surface area is 162 Å². The number of carbonyl (C=O) groups excluding carboxylic acids is 2. The lowest BCUT2D eigenvalue weighted by Gasteiger charge is -2.26. The number of ether oxygens (including phenoxy) is 4. The van der Waals surface area contributed by atoms with E-state index in [9.17, 15) is 9.59 Å². The van der Waals surface area contributed by atoms with E-state index in [1.165, 1.54) is 14.2 Å². The molecule has 2 N–H and O–H groups in total. The van der Waals surface area contributed by atoms with Crippen molar-refractivity contribution in [3.05, 3.63) is 53.6 Å². The van der Waals surface area contributed by atoms with Crippen molar-refractivity contribution in [2.45, 2.75) is 12.6 Å². The summed E-state index contributed by atoms with van der Waals surface area (Å²) in [6.45, 7) is 0.902. The Kier molecular flexibility index (Phi) is 6.21. The quantitative estimate of drug-likeness (QED) is 0.739. The van der Waals surface area contributed by atoms with Crippen LogP contribution in [0.15, 0.2) is 42.5 Å². The van der Waals surface area contributed by atoms with E-state index in [2.05, 4.69) is 10.6 Å². The van der Waals surface area contributed by atoms with Gasteiger partial charge in [-0.2, -0.15) is 0 Å². The number of carbonyl (C=O) groups is 2. The van der Waals surface area contributed by atoms with Crippen LogP contribution in [-0.2, 0) is 11.3 Å². The molecule has 8 heteroatoms. The fourth-order valence-corrected chi connectivity index (χ4v) is 2.75. The summed E-state index contributed by atoms with van der Waals surface area (Å²) in [4.78, 5) is 23.9. The fraction of sp³-hybridized carbons (Fsp3) is 0.300. The minimum Gasteiger partial charge on any atom is -0.496 e. The SMILES string of the molecule is COC(=O)c1cc(CNC(=O)NC[C@H]2COc3ccccc3O2)ccc1OC. The van der Waals surface area contributed by atoms with Gasteiger partial charge in [-0.05, 0) is 29.8 Å². The van der Waals surface area contributed by atoms with Crippen LogP contribution in [0.5, 0.6) is 17.2 Å². The molecule has 2 amide bonds. The van der Waals surface area contributed by atoms with Crippen molar-refractivity contribution in [2.75, 3.05) is 27.4 Å². The number of para-hydroxylation sites is 2. The molecule has 0 fully saturated rings. The monoisotopic (exact) mass is 386 g/mol. The van der Waals surface area contributed by atoms with Gasteiger partial charge in [0.1, 0.15) is 17.9 Å². The molecule has 0 spiro atoms. The molecule has 28 heavy (non-hydrogen) atoms. The summed E-state index contributed by atoms with van der Waals surface area (Å²) in [7, 11) is 2.78. The Morgan fingerprint density at radius 2 is 1.89 bits per heavy atom. The van der Waals surface area contributed by atoms with Gasteiger partial charge in [0.2, 0.25) is 0 Å². The zero-order valence-corrected chi connectivity index (χ0v) is 15.7. The third kappa shape index (κ3) is 4.64. The van der Waals surface area contributed by atoms with E-state index in [1.807, 2.05) is 24.3 Å². The van der Waals surface area contributed by atoms with E-state index in [0.717, 1.165) is 5.56 Å². The minimum atomic E-state index is -0.502. The van der Waals surface area contributed by atoms with Crippen molar-refractivity contribution in [1.29, 1.82) is 0 Å². The average Bonchev–Trinajstić information content (AvgIpc) is 2.75. The Hall–Kier alpha value is -3.42. The molecule has 0 saturated carbocycles. The smallest absolute Gasteiger partial charge is 0.341 e. The van der Waals surface area contributed by atoms with Gasteiger partial charge in [0.15, 0.2) is 17.6 Å². The van der Waals surface area contributed by atoms with Crippen molar-refractivity contribution in [1.82, 2.24) is 10.6 Å². The average molecular weight is 386 g/mol. The number of urea groups is 1. The van der Waals surface area contributed by atoms with E-state index >= 15 is 0 Å². The molecule has 1 aliphatic rings. The highest BCUT2D eigenvalue weighted by molar-refractivity contribution is 5.92. The molecule has 0 unspecified atom stereocenters. The Morgan fingerprint density at radius 3 is 2.64 bits per heavy atom. The van der Waals surface area contributed by atoms with Crippen LogP contribution >= 0.6 is 0 Å². The molecular formula is C20H22N2O6. The number of nitrogens with one attached hydrogen (secondary N) is 2. The maximum Gasteiger partial charge on any atom is 0.341 e. The summed E-state index contributed by atoms with van der Waals surface area (Å²) < 4.78 is 21.3. The van der Waals surface area contributed by atoms with Crippen molar-refractivity contribution >= 4 is 12.0 Å². The van der Waals surface area contributed by atoms with Crippen LogP contribution in [0.1, 0.15) is 15.9 Å². The topological polar surface area (TPSA) is 95.1 Å². The summed E-state index contributed by atoms with van der Waals surface area (Å²) >= 11 is 0. The second-order valence-corrected chi connectivity index (χ2v) is 6.09. The van der Waals surface area contributed by atoms with Gasteiger partial charge in [0.25, 0.3) is 0 Å². The molecule has 0 radical (unpaired) electrons. The number of fused-ring (bicyclic) bond motifs is 1. The molecule has 1 atom stereocenters. The maximum absolute atomic E-state index is 12.1. The van der Waals surface area contributed by atoms with E-state index in [0.29, 0.717) is 36.0 Å². The number of rotatable bonds is 6. The van der Waals surface area contributed by atoms with Gasteiger partial charge < -0.3 is 29.6 Å². The van der Waals surface area contributed by atoms with Crippen molar-refractivity contribution < 1.29 is 28.5 Å². The lowest BCUT2D eigenvalue weighted by molar-refractivity contribution is 0.0597. The molecule has 8 nitrogen and oxygen atoms in total. The first-order valence-electron chi connectivity index (χ1n) is 8.76. The van der Waals surface area contributed by atoms with E-state index < -0.39 is 5.97 Å². The van der Waals surface area contributed by atoms with Crippen LogP contribution in [0, 0.1) is 0 Å². The number of hydrogen-bond acceptors (Lipinski definition) is 6. The highest BCUT2D eigenvalue weighted by Crippen LogP contribution is 2.30.